The molecule has 0 saturated carbocycles. The summed E-state index contributed by atoms with van der Waals surface area (Å²) in [7, 11) is 3.12. The van der Waals surface area contributed by atoms with Crippen LogP contribution in [-0.4, -0.2) is 35.2 Å². The first-order chi connectivity index (χ1) is 11.6. The SMILES string of the molecule is C[C@@H](Nc1nc(N(C)C)cc(C(F)(F)F)n1)[C@H](O)c1ccc(F)cc1. The molecule has 5 nitrogen and oxygen atoms in total. The fourth-order valence-electron chi connectivity index (χ4n) is 2.10. The summed E-state index contributed by atoms with van der Waals surface area (Å²) >= 11 is 0. The topological polar surface area (TPSA) is 61.3 Å². The number of nitrogens with one attached hydrogen (secondary N) is 1. The molecule has 136 valence electrons. The Hall–Kier alpha value is -2.42. The third-order valence-corrected chi connectivity index (χ3v) is 3.50. The van der Waals surface area contributed by atoms with E-state index in [1.807, 2.05) is 0 Å². The van der Waals surface area contributed by atoms with Crippen LogP contribution in [0.15, 0.2) is 30.3 Å². The minimum absolute atomic E-state index is 0.0771. The number of rotatable bonds is 5. The fraction of sp³-hybridized carbons (Fsp3) is 0.375. The first-order valence-corrected chi connectivity index (χ1v) is 7.41. The lowest BCUT2D eigenvalue weighted by Gasteiger charge is -2.22. The van der Waals surface area contributed by atoms with Crippen LogP contribution in [0.2, 0.25) is 0 Å². The summed E-state index contributed by atoms with van der Waals surface area (Å²) in [6.07, 6.45) is -5.70. The zero-order valence-corrected chi connectivity index (χ0v) is 13.8. The molecule has 2 N–H and O–H groups in total. The van der Waals surface area contributed by atoms with Gasteiger partial charge in [-0.2, -0.15) is 18.2 Å². The molecule has 1 aromatic heterocycles. The van der Waals surface area contributed by atoms with Gasteiger partial charge in [-0.05, 0) is 24.6 Å². The minimum Gasteiger partial charge on any atom is -0.386 e. The Labute approximate surface area is 142 Å². The predicted molar refractivity (Wildman–Crippen MR) is 85.8 cm³/mol. The zero-order chi connectivity index (χ0) is 18.8. The van der Waals surface area contributed by atoms with E-state index in [1.165, 1.54) is 29.2 Å². The normalized spacial score (nSPS) is 14.1. The maximum Gasteiger partial charge on any atom is 0.433 e. The number of anilines is 2. The lowest BCUT2D eigenvalue weighted by molar-refractivity contribution is -0.141. The van der Waals surface area contributed by atoms with Crippen LogP contribution in [0.1, 0.15) is 24.3 Å². The summed E-state index contributed by atoms with van der Waals surface area (Å²) in [5.41, 5.74) is -0.668. The smallest absolute Gasteiger partial charge is 0.386 e. The number of nitrogens with zero attached hydrogens (tertiary/aromatic N) is 3. The molecular weight excluding hydrogens is 340 g/mol. The molecule has 1 heterocycles. The second-order valence-electron chi connectivity index (χ2n) is 5.76. The van der Waals surface area contributed by atoms with Crippen molar-refractivity contribution < 1.29 is 22.7 Å². The van der Waals surface area contributed by atoms with Gasteiger partial charge in [-0.25, -0.2) is 9.37 Å². The highest BCUT2D eigenvalue weighted by atomic mass is 19.4. The van der Waals surface area contributed by atoms with Crippen LogP contribution in [0.25, 0.3) is 0 Å². The molecule has 0 saturated heterocycles. The molecule has 2 aromatic rings. The van der Waals surface area contributed by atoms with Crippen molar-refractivity contribution >= 4 is 11.8 Å². The quantitative estimate of drug-likeness (QED) is 0.804. The van der Waals surface area contributed by atoms with Crippen LogP contribution in [-0.2, 0) is 6.18 Å². The molecule has 0 aliphatic rings. The molecule has 0 unspecified atom stereocenters. The van der Waals surface area contributed by atoms with Gasteiger partial charge in [-0.15, -0.1) is 0 Å². The highest BCUT2D eigenvalue weighted by Gasteiger charge is 2.34. The first kappa shape index (κ1) is 18.9. The van der Waals surface area contributed by atoms with Crippen LogP contribution < -0.4 is 10.2 Å². The maximum atomic E-state index is 13.0. The average molecular weight is 358 g/mol. The molecule has 0 bridgehead atoms. The summed E-state index contributed by atoms with van der Waals surface area (Å²) in [5.74, 6) is -0.631. The van der Waals surface area contributed by atoms with Crippen LogP contribution in [0.4, 0.5) is 29.3 Å². The van der Waals surface area contributed by atoms with Gasteiger partial charge >= 0.3 is 6.18 Å². The van der Waals surface area contributed by atoms with Gasteiger partial charge in [-0.1, -0.05) is 12.1 Å². The number of benzene rings is 1. The van der Waals surface area contributed by atoms with Crippen molar-refractivity contribution in [3.63, 3.8) is 0 Å². The molecule has 0 spiro atoms. The summed E-state index contributed by atoms with van der Waals surface area (Å²) in [6, 6.07) is 5.31. The van der Waals surface area contributed by atoms with Gasteiger partial charge in [0.2, 0.25) is 5.95 Å². The molecule has 1 aromatic carbocycles. The molecule has 0 fully saturated rings. The predicted octanol–water partition coefficient (Wildman–Crippen LogP) is 3.23. The van der Waals surface area contributed by atoms with Crippen LogP contribution in [0.5, 0.6) is 0 Å². The summed E-state index contributed by atoms with van der Waals surface area (Å²) < 4.78 is 51.9. The molecular formula is C16H18F4N4O. The summed E-state index contributed by atoms with van der Waals surface area (Å²) in [6.45, 7) is 1.56. The number of aromatic nitrogens is 2. The van der Waals surface area contributed by atoms with Crippen molar-refractivity contribution in [2.75, 3.05) is 24.3 Å². The first-order valence-electron chi connectivity index (χ1n) is 7.41. The van der Waals surface area contributed by atoms with E-state index in [9.17, 15) is 22.7 Å². The van der Waals surface area contributed by atoms with E-state index in [1.54, 1.807) is 21.0 Å². The summed E-state index contributed by atoms with van der Waals surface area (Å²) in [5, 5.41) is 12.9. The van der Waals surface area contributed by atoms with Gasteiger partial charge in [0.25, 0.3) is 0 Å². The number of aliphatic hydroxyl groups excluding tert-OH is 1. The Kier molecular flexibility index (Phi) is 5.46. The average Bonchev–Trinajstić information content (AvgIpc) is 2.53. The number of alkyl halides is 3. The van der Waals surface area contributed by atoms with Crippen molar-refractivity contribution in [3.05, 3.63) is 47.4 Å². The Morgan fingerprint density at radius 1 is 1.12 bits per heavy atom. The van der Waals surface area contributed by atoms with Crippen LogP contribution >= 0.6 is 0 Å². The third-order valence-electron chi connectivity index (χ3n) is 3.50. The van der Waals surface area contributed by atoms with Gasteiger partial charge in [0.15, 0.2) is 5.69 Å². The molecule has 0 amide bonds. The van der Waals surface area contributed by atoms with Gasteiger partial charge in [0.1, 0.15) is 11.6 Å². The van der Waals surface area contributed by atoms with Crippen molar-refractivity contribution in [2.45, 2.75) is 25.2 Å². The summed E-state index contributed by atoms with van der Waals surface area (Å²) in [4.78, 5) is 8.90. The Morgan fingerprint density at radius 2 is 1.72 bits per heavy atom. The highest BCUT2D eigenvalue weighted by molar-refractivity contribution is 5.45. The van der Waals surface area contributed by atoms with E-state index in [2.05, 4.69) is 15.3 Å². The third kappa shape index (κ3) is 4.79. The molecule has 25 heavy (non-hydrogen) atoms. The van der Waals surface area contributed by atoms with E-state index in [0.29, 0.717) is 5.56 Å². The molecule has 0 aliphatic heterocycles. The van der Waals surface area contributed by atoms with Crippen molar-refractivity contribution in [1.29, 1.82) is 0 Å². The Bertz CT molecular complexity index is 719. The minimum atomic E-state index is -4.62. The van der Waals surface area contributed by atoms with E-state index in [-0.39, 0.29) is 11.8 Å². The Balaban J connectivity index is 2.25. The number of hydrogen-bond donors (Lipinski definition) is 2. The lowest BCUT2D eigenvalue weighted by Crippen LogP contribution is -2.26. The molecule has 0 aliphatic carbocycles. The van der Waals surface area contributed by atoms with E-state index < -0.39 is 29.8 Å². The van der Waals surface area contributed by atoms with Gasteiger partial charge in [0, 0.05) is 20.2 Å². The second kappa shape index (κ2) is 7.22. The number of aliphatic hydroxyl groups is 1. The molecule has 0 radical (unpaired) electrons. The van der Waals surface area contributed by atoms with Crippen molar-refractivity contribution in [3.8, 4) is 0 Å². The van der Waals surface area contributed by atoms with Crippen LogP contribution in [0.3, 0.4) is 0 Å². The molecule has 2 atom stereocenters. The second-order valence-corrected chi connectivity index (χ2v) is 5.76. The maximum absolute atomic E-state index is 13.0. The molecule has 9 heteroatoms. The molecule has 2 rings (SSSR count). The van der Waals surface area contributed by atoms with Crippen molar-refractivity contribution in [1.82, 2.24) is 9.97 Å². The standard InChI is InChI=1S/C16H18F4N4O/c1-9(14(25)10-4-6-11(17)7-5-10)21-15-22-12(16(18,19)20)8-13(23-15)24(2)3/h4-9,14,25H,1-3H3,(H,21,22,23)/t9-,14+/m1/s1. The van der Waals surface area contributed by atoms with E-state index >= 15 is 0 Å². The van der Waals surface area contributed by atoms with Crippen molar-refractivity contribution in [2.24, 2.45) is 0 Å². The van der Waals surface area contributed by atoms with Gasteiger partial charge < -0.3 is 15.3 Å². The fourth-order valence-corrected chi connectivity index (χ4v) is 2.10. The van der Waals surface area contributed by atoms with Gasteiger partial charge in [-0.3, -0.25) is 0 Å². The van der Waals surface area contributed by atoms with E-state index in [4.69, 9.17) is 0 Å². The number of hydrogen-bond acceptors (Lipinski definition) is 5. The zero-order valence-electron chi connectivity index (χ0n) is 13.8. The largest absolute Gasteiger partial charge is 0.433 e. The lowest BCUT2D eigenvalue weighted by atomic mass is 10.0. The van der Waals surface area contributed by atoms with E-state index in [0.717, 1.165) is 6.07 Å². The van der Waals surface area contributed by atoms with Crippen LogP contribution in [0, 0.1) is 5.82 Å². The van der Waals surface area contributed by atoms with Gasteiger partial charge in [0.05, 0.1) is 12.1 Å². The Morgan fingerprint density at radius 3 is 2.24 bits per heavy atom. The monoisotopic (exact) mass is 358 g/mol. The number of halogens is 4. The highest BCUT2D eigenvalue weighted by Crippen LogP contribution is 2.30.